The number of oxazole rings is 1. The zero-order chi connectivity index (χ0) is 22.8. The van der Waals surface area contributed by atoms with Crippen LogP contribution in [0.15, 0.2) is 89.3 Å². The first-order chi connectivity index (χ1) is 16.1. The van der Waals surface area contributed by atoms with Crippen molar-refractivity contribution in [2.24, 2.45) is 0 Å². The number of fused-ring (bicyclic) bond motifs is 3. The van der Waals surface area contributed by atoms with E-state index in [0.717, 1.165) is 16.3 Å². The second kappa shape index (κ2) is 8.43. The highest BCUT2D eigenvalue weighted by Gasteiger charge is 2.16. The lowest BCUT2D eigenvalue weighted by atomic mass is 10.1. The van der Waals surface area contributed by atoms with Gasteiger partial charge in [0.1, 0.15) is 11.3 Å². The average Bonchev–Trinajstić information content (AvgIpc) is 3.28. The van der Waals surface area contributed by atoms with E-state index in [1.54, 1.807) is 12.1 Å². The molecule has 0 fully saturated rings. The number of aromatic nitrogens is 1. The first-order valence-corrected chi connectivity index (χ1v) is 10.1. The fourth-order valence-corrected chi connectivity index (χ4v) is 3.55. The van der Waals surface area contributed by atoms with Gasteiger partial charge in [0.15, 0.2) is 12.2 Å². The third kappa shape index (κ3) is 4.09. The number of amides is 1. The molecule has 0 atom stereocenters. The number of anilines is 1. The number of non-ortho nitro benzene ring substituents is 1. The Morgan fingerprint density at radius 1 is 0.970 bits per heavy atom. The van der Waals surface area contributed by atoms with Gasteiger partial charge in [-0.3, -0.25) is 14.9 Å². The fraction of sp³-hybridized carbons (Fsp3) is 0.0400. The molecule has 4 aromatic carbocycles. The van der Waals surface area contributed by atoms with Crippen molar-refractivity contribution in [3.8, 4) is 17.2 Å². The Morgan fingerprint density at radius 3 is 2.55 bits per heavy atom. The van der Waals surface area contributed by atoms with E-state index in [9.17, 15) is 14.9 Å². The van der Waals surface area contributed by atoms with Gasteiger partial charge in [-0.25, -0.2) is 4.98 Å². The normalized spacial score (nSPS) is 10.9. The Morgan fingerprint density at radius 2 is 1.73 bits per heavy atom. The monoisotopic (exact) mass is 439 g/mol. The standard InChI is InChI=1S/C25H17N3O5/c29-23(15-32-18-12-10-17(11-13-18)28(30)31)26-21-8-4-3-7-20(21)25-27-24-19-6-2-1-5-16(19)9-14-22(24)33-25/h1-14H,15H2,(H,26,29). The molecular formula is C25H17N3O5. The van der Waals surface area contributed by atoms with Crippen LogP contribution >= 0.6 is 0 Å². The predicted octanol–water partition coefficient (Wildman–Crippen LogP) is 5.57. The number of carbonyl (C=O) groups is 1. The fourth-order valence-electron chi connectivity index (χ4n) is 3.55. The summed E-state index contributed by atoms with van der Waals surface area (Å²) in [6, 6.07) is 24.5. The van der Waals surface area contributed by atoms with Gasteiger partial charge in [-0.15, -0.1) is 0 Å². The Labute approximate surface area is 187 Å². The lowest BCUT2D eigenvalue weighted by Gasteiger charge is -2.10. The third-order valence-electron chi connectivity index (χ3n) is 5.13. The number of carbonyl (C=O) groups excluding carboxylic acids is 1. The topological polar surface area (TPSA) is 108 Å². The molecule has 0 radical (unpaired) electrons. The number of rotatable bonds is 6. The first-order valence-electron chi connectivity index (χ1n) is 10.1. The first kappa shape index (κ1) is 20.2. The highest BCUT2D eigenvalue weighted by molar-refractivity contribution is 6.04. The second-order valence-electron chi connectivity index (χ2n) is 7.29. The molecule has 162 valence electrons. The molecule has 0 bridgehead atoms. The average molecular weight is 439 g/mol. The van der Waals surface area contributed by atoms with Gasteiger partial charge in [0.2, 0.25) is 5.89 Å². The quantitative estimate of drug-likeness (QED) is 0.274. The molecule has 5 rings (SSSR count). The number of benzene rings is 4. The van der Waals surface area contributed by atoms with Crippen molar-refractivity contribution in [2.45, 2.75) is 0 Å². The maximum atomic E-state index is 12.5. The molecule has 0 aliphatic rings. The Bertz CT molecular complexity index is 1490. The van der Waals surface area contributed by atoms with Crippen molar-refractivity contribution in [2.75, 3.05) is 11.9 Å². The van der Waals surface area contributed by atoms with Crippen LogP contribution in [0.4, 0.5) is 11.4 Å². The van der Waals surface area contributed by atoms with Gasteiger partial charge < -0.3 is 14.5 Å². The van der Waals surface area contributed by atoms with Crippen LogP contribution in [-0.2, 0) is 4.79 Å². The summed E-state index contributed by atoms with van der Waals surface area (Å²) in [5.41, 5.74) is 2.54. The molecule has 0 saturated carbocycles. The van der Waals surface area contributed by atoms with Gasteiger partial charge >= 0.3 is 0 Å². The van der Waals surface area contributed by atoms with Crippen LogP contribution in [-0.4, -0.2) is 22.4 Å². The molecule has 1 amide bonds. The minimum atomic E-state index is -0.498. The van der Waals surface area contributed by atoms with Gasteiger partial charge in [0.25, 0.3) is 11.6 Å². The van der Waals surface area contributed by atoms with Crippen LogP contribution in [0.1, 0.15) is 0 Å². The summed E-state index contributed by atoms with van der Waals surface area (Å²) >= 11 is 0. The number of para-hydroxylation sites is 1. The summed E-state index contributed by atoms with van der Waals surface area (Å²) in [5, 5.41) is 15.6. The largest absolute Gasteiger partial charge is 0.484 e. The molecule has 0 saturated heterocycles. The second-order valence-corrected chi connectivity index (χ2v) is 7.29. The Balaban J connectivity index is 1.36. The summed E-state index contributed by atoms with van der Waals surface area (Å²) in [6.45, 7) is -0.260. The molecule has 8 heteroatoms. The molecule has 0 aliphatic carbocycles. The number of hydrogen-bond donors (Lipinski definition) is 1. The Hall–Kier alpha value is -4.72. The molecular weight excluding hydrogens is 422 g/mol. The van der Waals surface area contributed by atoms with E-state index >= 15 is 0 Å². The van der Waals surface area contributed by atoms with Gasteiger partial charge in [-0.05, 0) is 35.7 Å². The zero-order valence-corrected chi connectivity index (χ0v) is 17.2. The molecule has 5 aromatic rings. The van der Waals surface area contributed by atoms with E-state index < -0.39 is 4.92 Å². The van der Waals surface area contributed by atoms with Crippen molar-refractivity contribution in [3.05, 3.63) is 95.0 Å². The van der Waals surface area contributed by atoms with Crippen molar-refractivity contribution < 1.29 is 18.9 Å². The van der Waals surface area contributed by atoms with Gasteiger partial charge in [-0.2, -0.15) is 0 Å². The van der Waals surface area contributed by atoms with Crippen LogP contribution in [0.25, 0.3) is 33.3 Å². The number of nitrogens with one attached hydrogen (secondary N) is 1. The summed E-state index contributed by atoms with van der Waals surface area (Å²) < 4.78 is 11.4. The summed E-state index contributed by atoms with van der Waals surface area (Å²) in [5.74, 6) is 0.366. The number of ether oxygens (including phenoxy) is 1. The number of nitrogens with zero attached hydrogens (tertiary/aromatic N) is 2. The summed E-state index contributed by atoms with van der Waals surface area (Å²) in [4.78, 5) is 27.4. The SMILES string of the molecule is O=C(COc1ccc([N+](=O)[O-])cc1)Nc1ccccc1-c1nc2c(ccc3ccccc32)o1. The minimum absolute atomic E-state index is 0.0492. The molecule has 0 unspecified atom stereocenters. The molecule has 1 N–H and O–H groups in total. The minimum Gasteiger partial charge on any atom is -0.484 e. The van der Waals surface area contributed by atoms with Crippen molar-refractivity contribution in [1.82, 2.24) is 4.98 Å². The van der Waals surface area contributed by atoms with E-state index in [4.69, 9.17) is 14.1 Å². The zero-order valence-electron chi connectivity index (χ0n) is 17.2. The molecule has 8 nitrogen and oxygen atoms in total. The number of nitro groups is 1. The van der Waals surface area contributed by atoms with Gasteiger partial charge in [0, 0.05) is 17.5 Å². The van der Waals surface area contributed by atoms with Gasteiger partial charge in [-0.1, -0.05) is 42.5 Å². The number of hydrogen-bond acceptors (Lipinski definition) is 6. The molecule has 1 heterocycles. The third-order valence-corrected chi connectivity index (χ3v) is 5.13. The van der Waals surface area contributed by atoms with Crippen LogP contribution in [0.3, 0.4) is 0 Å². The van der Waals surface area contributed by atoms with Crippen LogP contribution in [0, 0.1) is 10.1 Å². The predicted molar refractivity (Wildman–Crippen MR) is 124 cm³/mol. The summed E-state index contributed by atoms with van der Waals surface area (Å²) in [6.07, 6.45) is 0. The van der Waals surface area contributed by atoms with Gasteiger partial charge in [0.05, 0.1) is 16.2 Å². The van der Waals surface area contributed by atoms with E-state index in [1.165, 1.54) is 24.3 Å². The van der Waals surface area contributed by atoms with E-state index in [1.807, 2.05) is 48.5 Å². The lowest BCUT2D eigenvalue weighted by Crippen LogP contribution is -2.20. The highest BCUT2D eigenvalue weighted by Crippen LogP contribution is 2.33. The maximum absolute atomic E-state index is 12.5. The van der Waals surface area contributed by atoms with Crippen LogP contribution in [0.2, 0.25) is 0 Å². The molecule has 1 aromatic heterocycles. The van der Waals surface area contributed by atoms with Crippen LogP contribution < -0.4 is 10.1 Å². The van der Waals surface area contributed by atoms with Crippen molar-refractivity contribution >= 4 is 39.2 Å². The number of nitro benzene ring substituents is 1. The van der Waals surface area contributed by atoms with E-state index in [-0.39, 0.29) is 18.2 Å². The molecule has 0 aliphatic heterocycles. The smallest absolute Gasteiger partial charge is 0.269 e. The lowest BCUT2D eigenvalue weighted by molar-refractivity contribution is -0.384. The van der Waals surface area contributed by atoms with E-state index in [2.05, 4.69) is 5.32 Å². The van der Waals surface area contributed by atoms with E-state index in [0.29, 0.717) is 28.5 Å². The molecule has 33 heavy (non-hydrogen) atoms. The highest BCUT2D eigenvalue weighted by atomic mass is 16.6. The summed E-state index contributed by atoms with van der Waals surface area (Å²) in [7, 11) is 0. The van der Waals surface area contributed by atoms with Crippen molar-refractivity contribution in [3.63, 3.8) is 0 Å². The Kier molecular flexibility index (Phi) is 5.16. The molecule has 0 spiro atoms. The van der Waals surface area contributed by atoms with Crippen molar-refractivity contribution in [1.29, 1.82) is 0 Å². The maximum Gasteiger partial charge on any atom is 0.269 e. The van der Waals surface area contributed by atoms with Crippen LogP contribution in [0.5, 0.6) is 5.75 Å².